The number of benzene rings is 1. The molecule has 98 valence electrons. The summed E-state index contributed by atoms with van der Waals surface area (Å²) in [6.07, 6.45) is 5.09. The van der Waals surface area contributed by atoms with Crippen LogP contribution in [0.2, 0.25) is 0 Å². The molecule has 1 saturated carbocycles. The molecule has 1 aromatic rings. The van der Waals surface area contributed by atoms with Crippen LogP contribution in [0.1, 0.15) is 47.5 Å². The minimum absolute atomic E-state index is 0.0918. The molecule has 0 unspecified atom stereocenters. The Morgan fingerprint density at radius 1 is 1.39 bits per heavy atom. The van der Waals surface area contributed by atoms with Crippen molar-refractivity contribution in [3.05, 3.63) is 29.3 Å². The predicted octanol–water partition coefficient (Wildman–Crippen LogP) is 2.75. The minimum Gasteiger partial charge on any atom is -0.496 e. The van der Waals surface area contributed by atoms with E-state index >= 15 is 0 Å². The predicted molar refractivity (Wildman–Crippen MR) is 72.5 cm³/mol. The fourth-order valence-corrected chi connectivity index (χ4v) is 2.71. The highest BCUT2D eigenvalue weighted by Crippen LogP contribution is 2.35. The van der Waals surface area contributed by atoms with E-state index in [1.807, 2.05) is 12.1 Å². The molecule has 3 nitrogen and oxygen atoms in total. The fraction of sp³-hybridized carbons (Fsp3) is 0.533. The Hall–Kier alpha value is -1.35. The average Bonchev–Trinajstić information content (AvgIpc) is 2.92. The molecule has 3 heteroatoms. The molecule has 0 atom stereocenters. The van der Waals surface area contributed by atoms with E-state index in [-0.39, 0.29) is 5.78 Å². The second-order valence-corrected chi connectivity index (χ2v) is 4.89. The lowest BCUT2D eigenvalue weighted by Gasteiger charge is -2.14. The number of rotatable bonds is 5. The summed E-state index contributed by atoms with van der Waals surface area (Å²) in [6.45, 7) is 0.352. The van der Waals surface area contributed by atoms with Gasteiger partial charge in [0.15, 0.2) is 5.78 Å². The maximum Gasteiger partial charge on any atom is 0.180 e. The van der Waals surface area contributed by atoms with Crippen LogP contribution in [0, 0.1) is 0 Å². The maximum atomic E-state index is 12.0. The molecule has 2 rings (SSSR count). The van der Waals surface area contributed by atoms with E-state index in [9.17, 15) is 4.79 Å². The lowest BCUT2D eigenvalue weighted by Crippen LogP contribution is -2.19. The van der Waals surface area contributed by atoms with Crippen LogP contribution in [0.15, 0.2) is 18.2 Å². The number of methoxy groups -OCH3 is 1. The topological polar surface area (TPSA) is 38.3 Å². The molecule has 0 aromatic heterocycles. The number of carbonyl (C=O) groups excluding carboxylic acids is 1. The number of ether oxygens (including phenoxy) is 1. The normalized spacial score (nSPS) is 15.9. The molecule has 1 aliphatic rings. The first kappa shape index (κ1) is 13.1. The zero-order valence-electron chi connectivity index (χ0n) is 11.2. The zero-order chi connectivity index (χ0) is 13.0. The van der Waals surface area contributed by atoms with Crippen molar-refractivity contribution in [3.8, 4) is 5.75 Å². The molecular formula is C15H21NO2. The van der Waals surface area contributed by atoms with E-state index in [1.165, 1.54) is 31.2 Å². The number of likely N-dealkylation sites (N-methyl/N-ethyl adjacent to an activating group) is 1. The molecule has 0 heterocycles. The zero-order valence-corrected chi connectivity index (χ0v) is 11.2. The molecular weight excluding hydrogens is 226 g/mol. The van der Waals surface area contributed by atoms with Crippen LogP contribution in [0.5, 0.6) is 5.75 Å². The first-order chi connectivity index (χ1) is 8.76. The highest BCUT2D eigenvalue weighted by molar-refractivity contribution is 6.00. The molecule has 0 bridgehead atoms. The number of Topliss-reactive ketones (excluding diaryl/α,β-unsaturated/α-hetero) is 1. The van der Waals surface area contributed by atoms with Crippen LogP contribution in [0.25, 0.3) is 0 Å². The second kappa shape index (κ2) is 6.01. The molecule has 0 aliphatic heterocycles. The molecule has 18 heavy (non-hydrogen) atoms. The third-order valence-electron chi connectivity index (χ3n) is 3.69. The molecule has 1 aromatic carbocycles. The lowest BCUT2D eigenvalue weighted by molar-refractivity contribution is 0.0990. The summed E-state index contributed by atoms with van der Waals surface area (Å²) < 4.78 is 5.28. The SMILES string of the molecule is CNCC(=O)c1cc(C2CCCC2)ccc1OC. The van der Waals surface area contributed by atoms with Crippen molar-refractivity contribution in [3.63, 3.8) is 0 Å². The molecule has 0 radical (unpaired) electrons. The Morgan fingerprint density at radius 2 is 2.11 bits per heavy atom. The van der Waals surface area contributed by atoms with Crippen molar-refractivity contribution < 1.29 is 9.53 Å². The van der Waals surface area contributed by atoms with Gasteiger partial charge in [0.25, 0.3) is 0 Å². The van der Waals surface area contributed by atoms with E-state index in [0.717, 1.165) is 0 Å². The number of carbonyl (C=O) groups is 1. The van der Waals surface area contributed by atoms with Crippen molar-refractivity contribution in [1.29, 1.82) is 0 Å². The van der Waals surface area contributed by atoms with Crippen molar-refractivity contribution in [1.82, 2.24) is 5.32 Å². The van der Waals surface area contributed by atoms with Gasteiger partial charge in [0, 0.05) is 0 Å². The monoisotopic (exact) mass is 247 g/mol. The van der Waals surface area contributed by atoms with Gasteiger partial charge in [-0.05, 0) is 43.5 Å². The summed E-state index contributed by atoms with van der Waals surface area (Å²) in [4.78, 5) is 12.0. The second-order valence-electron chi connectivity index (χ2n) is 4.89. The minimum atomic E-state index is 0.0918. The maximum absolute atomic E-state index is 12.0. The van der Waals surface area contributed by atoms with Crippen LogP contribution >= 0.6 is 0 Å². The fourth-order valence-electron chi connectivity index (χ4n) is 2.71. The van der Waals surface area contributed by atoms with Gasteiger partial charge in [-0.15, -0.1) is 0 Å². The van der Waals surface area contributed by atoms with Gasteiger partial charge in [0.1, 0.15) is 5.75 Å². The van der Waals surface area contributed by atoms with Gasteiger partial charge in [-0.3, -0.25) is 4.79 Å². The number of hydrogen-bond acceptors (Lipinski definition) is 3. The molecule has 0 amide bonds. The summed E-state index contributed by atoms with van der Waals surface area (Å²) in [7, 11) is 3.39. The number of hydrogen-bond donors (Lipinski definition) is 1. The van der Waals surface area contributed by atoms with Crippen molar-refractivity contribution >= 4 is 5.78 Å². The van der Waals surface area contributed by atoms with E-state index in [2.05, 4.69) is 11.4 Å². The summed E-state index contributed by atoms with van der Waals surface area (Å²) in [5.74, 6) is 1.39. The number of nitrogens with one attached hydrogen (secondary N) is 1. The number of ketones is 1. The Bertz CT molecular complexity index is 423. The third-order valence-corrected chi connectivity index (χ3v) is 3.69. The summed E-state index contributed by atoms with van der Waals surface area (Å²) in [5, 5.41) is 2.90. The van der Waals surface area contributed by atoms with Gasteiger partial charge in [0.2, 0.25) is 0 Å². The van der Waals surface area contributed by atoms with Gasteiger partial charge in [-0.25, -0.2) is 0 Å². The highest BCUT2D eigenvalue weighted by atomic mass is 16.5. The van der Waals surface area contributed by atoms with Gasteiger partial charge < -0.3 is 10.1 Å². The lowest BCUT2D eigenvalue weighted by atomic mass is 9.94. The highest BCUT2D eigenvalue weighted by Gasteiger charge is 2.20. The van der Waals surface area contributed by atoms with Gasteiger partial charge in [-0.2, -0.15) is 0 Å². The van der Waals surface area contributed by atoms with Gasteiger partial charge in [0.05, 0.1) is 19.2 Å². The van der Waals surface area contributed by atoms with Crippen molar-refractivity contribution in [2.45, 2.75) is 31.6 Å². The Balaban J connectivity index is 2.29. The van der Waals surface area contributed by atoms with E-state index in [1.54, 1.807) is 14.2 Å². The van der Waals surface area contributed by atoms with Crippen LogP contribution in [-0.2, 0) is 0 Å². The third kappa shape index (κ3) is 2.72. The first-order valence-corrected chi connectivity index (χ1v) is 6.62. The van der Waals surface area contributed by atoms with Crippen molar-refractivity contribution in [2.75, 3.05) is 20.7 Å². The first-order valence-electron chi connectivity index (χ1n) is 6.62. The molecule has 1 N–H and O–H groups in total. The molecule has 0 saturated heterocycles. The largest absolute Gasteiger partial charge is 0.496 e. The summed E-state index contributed by atoms with van der Waals surface area (Å²) in [5.41, 5.74) is 1.99. The van der Waals surface area contributed by atoms with Crippen LogP contribution < -0.4 is 10.1 Å². The summed E-state index contributed by atoms with van der Waals surface area (Å²) >= 11 is 0. The van der Waals surface area contributed by atoms with Crippen molar-refractivity contribution in [2.24, 2.45) is 0 Å². The molecule has 1 fully saturated rings. The van der Waals surface area contributed by atoms with E-state index in [0.29, 0.717) is 23.8 Å². The Morgan fingerprint density at radius 3 is 2.72 bits per heavy atom. The van der Waals surface area contributed by atoms with Crippen LogP contribution in [-0.4, -0.2) is 26.5 Å². The van der Waals surface area contributed by atoms with Gasteiger partial charge >= 0.3 is 0 Å². The Labute approximate surface area is 109 Å². The van der Waals surface area contributed by atoms with E-state index < -0.39 is 0 Å². The standard InChI is InChI=1S/C15H21NO2/c1-16-10-14(17)13-9-12(7-8-15(13)18-2)11-5-3-4-6-11/h7-9,11,16H,3-6,10H2,1-2H3. The smallest absolute Gasteiger partial charge is 0.180 e. The van der Waals surface area contributed by atoms with Gasteiger partial charge in [-0.1, -0.05) is 18.9 Å². The molecule has 1 aliphatic carbocycles. The quantitative estimate of drug-likeness (QED) is 0.813. The average molecular weight is 247 g/mol. The van der Waals surface area contributed by atoms with Crippen LogP contribution in [0.3, 0.4) is 0 Å². The van der Waals surface area contributed by atoms with E-state index in [4.69, 9.17) is 4.74 Å². The summed E-state index contributed by atoms with van der Waals surface area (Å²) in [6, 6.07) is 6.05. The van der Waals surface area contributed by atoms with Crippen LogP contribution in [0.4, 0.5) is 0 Å². The Kier molecular flexibility index (Phi) is 4.37. The molecule has 0 spiro atoms.